The number of hydrogen-bond acceptors (Lipinski definition) is 4. The number of rotatable bonds is 2. The molecule has 78 valence electrons. The normalized spacial score (nSPS) is 12.7. The SMILES string of the molecule is Cc1noc([C@H](N)c2ccccc2Cl)n1. The molecule has 0 fully saturated rings. The van der Waals surface area contributed by atoms with Crippen LogP contribution in [-0.4, -0.2) is 10.1 Å². The second kappa shape index (κ2) is 4.00. The highest BCUT2D eigenvalue weighted by Gasteiger charge is 2.17. The van der Waals surface area contributed by atoms with Gasteiger partial charge in [0.2, 0.25) is 5.89 Å². The van der Waals surface area contributed by atoms with Crippen molar-refractivity contribution >= 4 is 11.6 Å². The van der Waals surface area contributed by atoms with Gasteiger partial charge in [-0.05, 0) is 18.6 Å². The van der Waals surface area contributed by atoms with E-state index in [1.54, 1.807) is 13.0 Å². The molecule has 2 aromatic rings. The highest BCUT2D eigenvalue weighted by atomic mass is 35.5. The molecule has 15 heavy (non-hydrogen) atoms. The first-order valence-electron chi connectivity index (χ1n) is 4.48. The number of halogens is 1. The fourth-order valence-electron chi connectivity index (χ4n) is 1.30. The van der Waals surface area contributed by atoms with Crippen molar-refractivity contribution in [3.05, 3.63) is 46.6 Å². The maximum Gasteiger partial charge on any atom is 0.248 e. The van der Waals surface area contributed by atoms with E-state index in [1.165, 1.54) is 0 Å². The van der Waals surface area contributed by atoms with Gasteiger partial charge in [0.25, 0.3) is 0 Å². The molecule has 1 atom stereocenters. The molecule has 1 heterocycles. The Morgan fingerprint density at radius 3 is 2.73 bits per heavy atom. The van der Waals surface area contributed by atoms with E-state index in [9.17, 15) is 0 Å². The van der Waals surface area contributed by atoms with Gasteiger partial charge in [0, 0.05) is 5.02 Å². The van der Waals surface area contributed by atoms with Crippen molar-refractivity contribution in [2.75, 3.05) is 0 Å². The summed E-state index contributed by atoms with van der Waals surface area (Å²) >= 11 is 6.01. The molecule has 0 saturated heterocycles. The van der Waals surface area contributed by atoms with Gasteiger partial charge < -0.3 is 10.3 Å². The van der Waals surface area contributed by atoms with E-state index in [2.05, 4.69) is 10.1 Å². The largest absolute Gasteiger partial charge is 0.337 e. The van der Waals surface area contributed by atoms with Gasteiger partial charge in [0.15, 0.2) is 5.82 Å². The number of nitrogens with zero attached hydrogens (tertiary/aromatic N) is 2. The second-order valence-electron chi connectivity index (χ2n) is 3.18. The van der Waals surface area contributed by atoms with Gasteiger partial charge in [0.1, 0.15) is 6.04 Å². The summed E-state index contributed by atoms with van der Waals surface area (Å²) < 4.78 is 4.99. The van der Waals surface area contributed by atoms with E-state index in [-0.39, 0.29) is 0 Å². The molecule has 2 N–H and O–H groups in total. The second-order valence-corrected chi connectivity index (χ2v) is 3.59. The zero-order valence-electron chi connectivity index (χ0n) is 8.14. The maximum atomic E-state index is 6.01. The summed E-state index contributed by atoms with van der Waals surface area (Å²) in [6.45, 7) is 1.74. The predicted molar refractivity (Wildman–Crippen MR) is 56.5 cm³/mol. The third-order valence-electron chi connectivity index (χ3n) is 2.05. The van der Waals surface area contributed by atoms with Crippen LogP contribution in [0, 0.1) is 6.92 Å². The third-order valence-corrected chi connectivity index (χ3v) is 2.39. The van der Waals surface area contributed by atoms with Gasteiger partial charge in [-0.15, -0.1) is 0 Å². The van der Waals surface area contributed by atoms with E-state index in [0.29, 0.717) is 16.7 Å². The summed E-state index contributed by atoms with van der Waals surface area (Å²) in [6, 6.07) is 6.86. The summed E-state index contributed by atoms with van der Waals surface area (Å²) in [5, 5.41) is 4.28. The van der Waals surface area contributed by atoms with Crippen LogP contribution < -0.4 is 5.73 Å². The Kier molecular flexibility index (Phi) is 2.70. The maximum absolute atomic E-state index is 6.01. The smallest absolute Gasteiger partial charge is 0.248 e. The van der Waals surface area contributed by atoms with Gasteiger partial charge in [-0.25, -0.2) is 0 Å². The van der Waals surface area contributed by atoms with Crippen LogP contribution in [0.4, 0.5) is 0 Å². The molecule has 4 nitrogen and oxygen atoms in total. The summed E-state index contributed by atoms with van der Waals surface area (Å²) in [5.41, 5.74) is 6.73. The molecule has 0 aliphatic heterocycles. The van der Waals surface area contributed by atoms with Gasteiger partial charge in [-0.1, -0.05) is 35.0 Å². The topological polar surface area (TPSA) is 64.9 Å². The summed E-state index contributed by atoms with van der Waals surface area (Å²) in [5.74, 6) is 0.938. The van der Waals surface area contributed by atoms with Crippen LogP contribution in [0.25, 0.3) is 0 Å². The Bertz CT molecular complexity index is 469. The van der Waals surface area contributed by atoms with Crippen molar-refractivity contribution < 1.29 is 4.52 Å². The van der Waals surface area contributed by atoms with Crippen molar-refractivity contribution in [2.45, 2.75) is 13.0 Å². The molecule has 0 bridgehead atoms. The number of nitrogens with two attached hydrogens (primary N) is 1. The Balaban J connectivity index is 2.36. The zero-order chi connectivity index (χ0) is 10.8. The van der Waals surface area contributed by atoms with E-state index < -0.39 is 6.04 Å². The first-order chi connectivity index (χ1) is 7.18. The Morgan fingerprint density at radius 2 is 2.13 bits per heavy atom. The quantitative estimate of drug-likeness (QED) is 0.847. The van der Waals surface area contributed by atoms with Crippen LogP contribution in [0.2, 0.25) is 5.02 Å². The van der Waals surface area contributed by atoms with Crippen molar-refractivity contribution in [1.29, 1.82) is 0 Å². The van der Waals surface area contributed by atoms with Gasteiger partial charge in [-0.2, -0.15) is 4.98 Å². The molecule has 0 amide bonds. The van der Waals surface area contributed by atoms with Crippen molar-refractivity contribution in [3.63, 3.8) is 0 Å². The van der Waals surface area contributed by atoms with Crippen LogP contribution in [0.3, 0.4) is 0 Å². The van der Waals surface area contributed by atoms with Gasteiger partial charge >= 0.3 is 0 Å². The number of aryl methyl sites for hydroxylation is 1. The Morgan fingerprint density at radius 1 is 1.40 bits per heavy atom. The third kappa shape index (κ3) is 2.00. The van der Waals surface area contributed by atoms with Crippen LogP contribution in [-0.2, 0) is 0 Å². The van der Waals surface area contributed by atoms with E-state index in [0.717, 1.165) is 5.56 Å². The van der Waals surface area contributed by atoms with Gasteiger partial charge in [0.05, 0.1) is 0 Å². The van der Waals surface area contributed by atoms with E-state index >= 15 is 0 Å². The molecular weight excluding hydrogens is 214 g/mol. The van der Waals surface area contributed by atoms with Crippen LogP contribution in [0.1, 0.15) is 23.3 Å². The molecule has 2 rings (SSSR count). The molecule has 0 aliphatic rings. The number of benzene rings is 1. The van der Waals surface area contributed by atoms with Crippen molar-refractivity contribution in [1.82, 2.24) is 10.1 Å². The molecule has 1 aromatic carbocycles. The number of hydrogen-bond donors (Lipinski definition) is 1. The minimum Gasteiger partial charge on any atom is -0.337 e. The molecule has 5 heteroatoms. The zero-order valence-corrected chi connectivity index (χ0v) is 8.90. The molecule has 0 saturated carbocycles. The van der Waals surface area contributed by atoms with Crippen LogP contribution >= 0.6 is 11.6 Å². The summed E-state index contributed by atoms with van der Waals surface area (Å²) in [7, 11) is 0. The average molecular weight is 224 g/mol. The lowest BCUT2D eigenvalue weighted by Crippen LogP contribution is -2.12. The molecular formula is C10H10ClN3O. The first kappa shape index (κ1) is 10.1. The molecule has 0 radical (unpaired) electrons. The minimum absolute atomic E-state index is 0.376. The highest BCUT2D eigenvalue weighted by Crippen LogP contribution is 2.24. The lowest BCUT2D eigenvalue weighted by Gasteiger charge is -2.08. The Labute approximate surface area is 92.0 Å². The van der Waals surface area contributed by atoms with Crippen molar-refractivity contribution in [3.8, 4) is 0 Å². The fraction of sp³-hybridized carbons (Fsp3) is 0.200. The summed E-state index contributed by atoms with van der Waals surface area (Å²) in [4.78, 5) is 4.07. The van der Waals surface area contributed by atoms with Crippen molar-refractivity contribution in [2.24, 2.45) is 5.73 Å². The standard InChI is InChI=1S/C10H10ClN3O/c1-6-13-10(15-14-6)9(12)7-4-2-3-5-8(7)11/h2-5,9H,12H2,1H3/t9-/m1/s1. The fourth-order valence-corrected chi connectivity index (χ4v) is 1.55. The number of aromatic nitrogens is 2. The monoisotopic (exact) mass is 223 g/mol. The molecule has 0 unspecified atom stereocenters. The highest BCUT2D eigenvalue weighted by molar-refractivity contribution is 6.31. The summed E-state index contributed by atoms with van der Waals surface area (Å²) in [6.07, 6.45) is 0. The van der Waals surface area contributed by atoms with E-state index in [4.69, 9.17) is 21.9 Å². The lowest BCUT2D eigenvalue weighted by molar-refractivity contribution is 0.364. The van der Waals surface area contributed by atoms with Gasteiger partial charge in [-0.3, -0.25) is 0 Å². The average Bonchev–Trinajstić information content (AvgIpc) is 2.65. The first-order valence-corrected chi connectivity index (χ1v) is 4.86. The predicted octanol–water partition coefficient (Wildman–Crippen LogP) is 2.08. The minimum atomic E-state index is -0.472. The molecule has 0 spiro atoms. The molecule has 1 aromatic heterocycles. The van der Waals surface area contributed by atoms with E-state index in [1.807, 2.05) is 18.2 Å². The van der Waals surface area contributed by atoms with Crippen LogP contribution in [0.5, 0.6) is 0 Å². The Hall–Kier alpha value is -1.39. The molecule has 0 aliphatic carbocycles. The van der Waals surface area contributed by atoms with Crippen LogP contribution in [0.15, 0.2) is 28.8 Å². The lowest BCUT2D eigenvalue weighted by atomic mass is 10.1.